The van der Waals surface area contributed by atoms with E-state index in [1.165, 1.54) is 6.42 Å². The third-order valence-electron chi connectivity index (χ3n) is 5.94. The number of carboxylic acid groups (broad SMARTS) is 1. The maximum atomic E-state index is 12.6. The zero-order chi connectivity index (χ0) is 22.1. The Morgan fingerprint density at radius 3 is 2.40 bits per heavy atom. The van der Waals surface area contributed by atoms with Gasteiger partial charge in [0.1, 0.15) is 5.54 Å². The molecule has 1 aromatic heterocycles. The molecule has 0 spiro atoms. The molecule has 0 aliphatic carbocycles. The summed E-state index contributed by atoms with van der Waals surface area (Å²) in [6, 6.07) is 1.90. The predicted octanol–water partition coefficient (Wildman–Crippen LogP) is 0.865. The Balaban J connectivity index is 0.00000101. The van der Waals surface area contributed by atoms with Crippen LogP contribution in [0.25, 0.3) is 0 Å². The minimum absolute atomic E-state index is 0.00915. The maximum Gasteiger partial charge on any atom is 0.317 e. The molecule has 2 aliphatic heterocycles. The van der Waals surface area contributed by atoms with E-state index in [-0.39, 0.29) is 24.5 Å². The van der Waals surface area contributed by atoms with Crippen LogP contribution in [-0.2, 0) is 16.0 Å². The fraction of sp³-hybridized carbons (Fsp3) is 0.700. The zero-order valence-electron chi connectivity index (χ0n) is 17.9. The molecule has 0 radical (unpaired) electrons. The number of nitrogens with two attached hydrogens (primary N) is 1. The fourth-order valence-corrected chi connectivity index (χ4v) is 4.37. The Labute approximate surface area is 177 Å². The summed E-state index contributed by atoms with van der Waals surface area (Å²) in [7, 11) is 0. The first-order chi connectivity index (χ1) is 14.3. The highest BCUT2D eigenvalue weighted by Gasteiger charge is 2.45. The van der Waals surface area contributed by atoms with E-state index in [1.807, 2.05) is 19.9 Å². The Hall–Kier alpha value is -2.62. The number of aromatic nitrogens is 2. The summed E-state index contributed by atoms with van der Waals surface area (Å²) in [5.41, 5.74) is 7.18. The molecule has 3 rings (SSSR count). The molecule has 0 saturated carbocycles. The molecule has 2 saturated heterocycles. The highest BCUT2D eigenvalue weighted by Crippen LogP contribution is 2.31. The van der Waals surface area contributed by atoms with E-state index in [0.29, 0.717) is 32.4 Å². The van der Waals surface area contributed by atoms with Crippen LogP contribution in [0.15, 0.2) is 6.07 Å². The minimum Gasteiger partial charge on any atom is -0.483 e. The summed E-state index contributed by atoms with van der Waals surface area (Å²) in [6.45, 7) is 6.65. The van der Waals surface area contributed by atoms with Gasteiger partial charge in [-0.25, -0.2) is 4.79 Å². The van der Waals surface area contributed by atoms with Gasteiger partial charge < -0.3 is 21.1 Å². The number of primary amides is 1. The molecular formula is C20H34N6O4. The van der Waals surface area contributed by atoms with Gasteiger partial charge in [-0.3, -0.25) is 19.6 Å². The van der Waals surface area contributed by atoms with Crippen molar-refractivity contribution in [2.24, 2.45) is 5.73 Å². The first-order valence-corrected chi connectivity index (χ1v) is 10.5. The number of hydrogen-bond acceptors (Lipinski definition) is 5. The van der Waals surface area contributed by atoms with Crippen LogP contribution in [0.1, 0.15) is 50.4 Å². The van der Waals surface area contributed by atoms with Crippen LogP contribution in [0.5, 0.6) is 0 Å². The number of urea groups is 1. The molecule has 1 atom stereocenters. The fourth-order valence-electron chi connectivity index (χ4n) is 4.37. The Morgan fingerprint density at radius 2 is 1.90 bits per heavy atom. The van der Waals surface area contributed by atoms with Gasteiger partial charge in [0.25, 0.3) is 6.47 Å². The molecule has 1 aromatic rings. The van der Waals surface area contributed by atoms with Crippen molar-refractivity contribution in [3.63, 3.8) is 0 Å². The van der Waals surface area contributed by atoms with Crippen molar-refractivity contribution in [1.29, 1.82) is 0 Å². The van der Waals surface area contributed by atoms with Gasteiger partial charge in [0, 0.05) is 31.2 Å². The molecule has 1 unspecified atom stereocenters. The molecule has 5 N–H and O–H groups in total. The van der Waals surface area contributed by atoms with Gasteiger partial charge in [-0.05, 0) is 58.7 Å². The maximum absolute atomic E-state index is 12.6. The Morgan fingerprint density at radius 1 is 1.30 bits per heavy atom. The number of amides is 3. The summed E-state index contributed by atoms with van der Waals surface area (Å²) < 4.78 is 0. The van der Waals surface area contributed by atoms with Crippen LogP contribution in [0, 0.1) is 6.92 Å². The van der Waals surface area contributed by atoms with E-state index in [9.17, 15) is 9.59 Å². The third kappa shape index (κ3) is 5.94. The first-order valence-electron chi connectivity index (χ1n) is 10.5. The average Bonchev–Trinajstić information content (AvgIpc) is 3.13. The summed E-state index contributed by atoms with van der Waals surface area (Å²) in [4.78, 5) is 37.3. The highest BCUT2D eigenvalue weighted by atomic mass is 16.3. The van der Waals surface area contributed by atoms with E-state index in [4.69, 9.17) is 15.6 Å². The Bertz CT molecular complexity index is 708. The SMILES string of the molecule is Cc1cc(CC(C)NC(=O)N2CCC(C(N)=O)(N3CCCCC3)CC2)n[nH]1.O=CO. The van der Waals surface area contributed by atoms with Crippen molar-refractivity contribution in [1.82, 2.24) is 25.3 Å². The summed E-state index contributed by atoms with van der Waals surface area (Å²) >= 11 is 0. The minimum atomic E-state index is -0.588. The van der Waals surface area contributed by atoms with Gasteiger partial charge in [0.05, 0.1) is 5.69 Å². The van der Waals surface area contributed by atoms with Crippen molar-refractivity contribution in [2.75, 3.05) is 26.2 Å². The molecule has 2 aliphatic rings. The lowest BCUT2D eigenvalue weighted by molar-refractivity contribution is -0.134. The van der Waals surface area contributed by atoms with Crippen molar-refractivity contribution in [2.45, 2.75) is 64.0 Å². The quantitative estimate of drug-likeness (QED) is 0.518. The van der Waals surface area contributed by atoms with E-state index in [0.717, 1.165) is 37.3 Å². The molecular weight excluding hydrogens is 388 g/mol. The number of nitrogens with zero attached hydrogens (tertiary/aromatic N) is 3. The van der Waals surface area contributed by atoms with Crippen LogP contribution < -0.4 is 11.1 Å². The van der Waals surface area contributed by atoms with Gasteiger partial charge in [0.15, 0.2) is 0 Å². The normalized spacial score (nSPS) is 19.9. The van der Waals surface area contributed by atoms with E-state index in [1.54, 1.807) is 4.90 Å². The summed E-state index contributed by atoms with van der Waals surface area (Å²) in [5, 5.41) is 17.1. The predicted molar refractivity (Wildman–Crippen MR) is 112 cm³/mol. The second-order valence-electron chi connectivity index (χ2n) is 8.13. The standard InChI is InChI=1S/C19H32N6O2.CH2O2/c1-14(12-16-13-15(2)22-23-16)21-18(27)24-10-6-19(7-11-24,17(20)26)25-8-4-3-5-9-25;2-1-3/h13-14H,3-12H2,1-2H3,(H2,20,26)(H,21,27)(H,22,23);1H,(H,2,3). The third-order valence-corrected chi connectivity index (χ3v) is 5.94. The average molecular weight is 423 g/mol. The van der Waals surface area contributed by atoms with E-state index < -0.39 is 5.54 Å². The van der Waals surface area contributed by atoms with Crippen LogP contribution >= 0.6 is 0 Å². The van der Waals surface area contributed by atoms with Gasteiger partial charge in [-0.1, -0.05) is 6.42 Å². The highest BCUT2D eigenvalue weighted by molar-refractivity contribution is 5.85. The molecule has 3 amide bonds. The lowest BCUT2D eigenvalue weighted by Crippen LogP contribution is -2.64. The number of rotatable bonds is 5. The molecule has 30 heavy (non-hydrogen) atoms. The number of nitrogens with one attached hydrogen (secondary N) is 2. The van der Waals surface area contributed by atoms with E-state index >= 15 is 0 Å². The second-order valence-corrected chi connectivity index (χ2v) is 8.13. The molecule has 3 heterocycles. The number of carbonyl (C=O) groups excluding carboxylic acids is 2. The molecule has 168 valence electrons. The van der Waals surface area contributed by atoms with Crippen LogP contribution in [0.4, 0.5) is 4.79 Å². The summed E-state index contributed by atoms with van der Waals surface area (Å²) in [5.74, 6) is -0.244. The topological polar surface area (TPSA) is 145 Å². The number of aryl methyl sites for hydroxylation is 1. The smallest absolute Gasteiger partial charge is 0.317 e. The van der Waals surface area contributed by atoms with Crippen molar-refractivity contribution in [3.8, 4) is 0 Å². The van der Waals surface area contributed by atoms with Crippen molar-refractivity contribution >= 4 is 18.4 Å². The summed E-state index contributed by atoms with van der Waals surface area (Å²) in [6.07, 6.45) is 5.36. The first kappa shape index (κ1) is 23.7. The van der Waals surface area contributed by atoms with Crippen LogP contribution in [-0.4, -0.2) is 81.3 Å². The molecule has 0 aromatic carbocycles. The number of piperidine rings is 2. The van der Waals surface area contributed by atoms with Gasteiger partial charge in [-0.15, -0.1) is 0 Å². The number of carbonyl (C=O) groups is 3. The second kappa shape index (κ2) is 11.0. The van der Waals surface area contributed by atoms with Crippen LogP contribution in [0.2, 0.25) is 0 Å². The van der Waals surface area contributed by atoms with Gasteiger partial charge >= 0.3 is 6.03 Å². The zero-order valence-corrected chi connectivity index (χ0v) is 17.9. The van der Waals surface area contributed by atoms with Crippen molar-refractivity contribution < 1.29 is 19.5 Å². The van der Waals surface area contributed by atoms with Gasteiger partial charge in [0.2, 0.25) is 5.91 Å². The van der Waals surface area contributed by atoms with E-state index in [2.05, 4.69) is 20.4 Å². The van der Waals surface area contributed by atoms with Crippen molar-refractivity contribution in [3.05, 3.63) is 17.5 Å². The lowest BCUT2D eigenvalue weighted by atomic mass is 9.83. The molecule has 10 heteroatoms. The number of hydrogen-bond donors (Lipinski definition) is 4. The Kier molecular flexibility index (Phi) is 8.64. The van der Waals surface area contributed by atoms with Gasteiger partial charge in [-0.2, -0.15) is 5.10 Å². The van der Waals surface area contributed by atoms with Crippen LogP contribution in [0.3, 0.4) is 0 Å². The molecule has 2 fully saturated rings. The molecule has 10 nitrogen and oxygen atoms in total. The molecule has 0 bridgehead atoms. The number of aromatic amines is 1. The largest absolute Gasteiger partial charge is 0.483 e. The lowest BCUT2D eigenvalue weighted by Gasteiger charge is -2.48. The monoisotopic (exact) mass is 422 g/mol. The number of likely N-dealkylation sites (tertiary alicyclic amines) is 2. The number of H-pyrrole nitrogens is 1.